The number of aryl methyl sites for hydroxylation is 1. The van der Waals surface area contributed by atoms with E-state index in [0.29, 0.717) is 18.2 Å². The predicted molar refractivity (Wildman–Crippen MR) is 143 cm³/mol. The Labute approximate surface area is 217 Å². The highest BCUT2D eigenvalue weighted by Gasteiger charge is 2.19. The number of amides is 1. The average molecular weight is 546 g/mol. The van der Waals surface area contributed by atoms with Crippen molar-refractivity contribution in [3.63, 3.8) is 0 Å². The molecule has 0 unspecified atom stereocenters. The predicted octanol–water partition coefficient (Wildman–Crippen LogP) is 5.99. The maximum absolute atomic E-state index is 13.2. The van der Waals surface area contributed by atoms with Gasteiger partial charge in [0.1, 0.15) is 0 Å². The van der Waals surface area contributed by atoms with Crippen molar-refractivity contribution in [2.75, 3.05) is 17.2 Å². The third-order valence-corrected chi connectivity index (χ3v) is 6.91. The van der Waals surface area contributed by atoms with E-state index in [2.05, 4.69) is 48.9 Å². The van der Waals surface area contributed by atoms with Gasteiger partial charge in [0.05, 0.1) is 18.2 Å². The second-order valence-corrected chi connectivity index (χ2v) is 9.64. The first-order valence-electron chi connectivity index (χ1n) is 11.2. The van der Waals surface area contributed by atoms with Crippen molar-refractivity contribution < 1.29 is 4.79 Å². The molecule has 0 spiro atoms. The molecule has 0 fully saturated rings. The fourth-order valence-corrected chi connectivity index (χ4v) is 4.77. The number of carbonyl (C=O) groups is 1. The van der Waals surface area contributed by atoms with Crippen LogP contribution in [0.1, 0.15) is 12.0 Å². The first-order chi connectivity index (χ1) is 17.2. The van der Waals surface area contributed by atoms with Crippen LogP contribution in [0.5, 0.6) is 0 Å². The molecule has 0 N–H and O–H groups in total. The van der Waals surface area contributed by atoms with Crippen LogP contribution in [0, 0.1) is 11.3 Å². The summed E-state index contributed by atoms with van der Waals surface area (Å²) >= 11 is 4.86. The second kappa shape index (κ2) is 12.3. The Morgan fingerprint density at radius 3 is 2.34 bits per heavy atom. The van der Waals surface area contributed by atoms with E-state index in [1.807, 2.05) is 72.8 Å². The molecular weight excluding hydrogens is 522 g/mol. The lowest BCUT2D eigenvalue weighted by atomic mass is 10.1. The van der Waals surface area contributed by atoms with Gasteiger partial charge in [-0.15, -0.1) is 10.2 Å². The van der Waals surface area contributed by atoms with Crippen LogP contribution in [0.25, 0.3) is 11.4 Å². The molecule has 0 aliphatic heterocycles. The summed E-state index contributed by atoms with van der Waals surface area (Å²) in [7, 11) is 0. The summed E-state index contributed by atoms with van der Waals surface area (Å²) in [6.07, 6.45) is 1.09. The molecule has 4 rings (SSSR count). The summed E-state index contributed by atoms with van der Waals surface area (Å²) in [6.45, 7) is 1.04. The number of anilines is 1. The van der Waals surface area contributed by atoms with Crippen LogP contribution in [-0.4, -0.2) is 33.0 Å². The van der Waals surface area contributed by atoms with Crippen LogP contribution in [0.4, 0.5) is 5.69 Å². The first-order valence-corrected chi connectivity index (χ1v) is 13.0. The molecule has 1 aromatic heterocycles. The van der Waals surface area contributed by atoms with Gasteiger partial charge in [-0.2, -0.15) is 5.26 Å². The van der Waals surface area contributed by atoms with Gasteiger partial charge in [-0.05, 0) is 36.2 Å². The number of benzene rings is 3. The van der Waals surface area contributed by atoms with Crippen molar-refractivity contribution in [3.05, 3.63) is 95.0 Å². The molecule has 0 radical (unpaired) electrons. The highest BCUT2D eigenvalue weighted by atomic mass is 79.9. The van der Waals surface area contributed by atoms with Crippen LogP contribution >= 0.6 is 27.7 Å². The number of hydrogen-bond donors (Lipinski definition) is 0. The van der Waals surface area contributed by atoms with Gasteiger partial charge >= 0.3 is 0 Å². The van der Waals surface area contributed by atoms with Gasteiger partial charge in [-0.25, -0.2) is 0 Å². The lowest BCUT2D eigenvalue weighted by Crippen LogP contribution is -2.33. The minimum absolute atomic E-state index is 0.0701. The van der Waals surface area contributed by atoms with Gasteiger partial charge in [-0.3, -0.25) is 4.79 Å². The molecule has 4 aromatic rings. The Kier molecular flexibility index (Phi) is 8.71. The summed E-state index contributed by atoms with van der Waals surface area (Å²) in [4.78, 5) is 14.8. The van der Waals surface area contributed by atoms with Crippen molar-refractivity contribution in [2.24, 2.45) is 0 Å². The van der Waals surface area contributed by atoms with Gasteiger partial charge in [0, 0.05) is 28.8 Å². The van der Waals surface area contributed by atoms with Crippen LogP contribution in [0.3, 0.4) is 0 Å². The van der Waals surface area contributed by atoms with Crippen molar-refractivity contribution in [2.45, 2.75) is 24.5 Å². The van der Waals surface area contributed by atoms with Crippen LogP contribution < -0.4 is 4.90 Å². The fraction of sp³-hybridized carbons (Fsp3) is 0.185. The molecule has 0 bridgehead atoms. The zero-order chi connectivity index (χ0) is 24.5. The molecule has 6 nitrogen and oxygen atoms in total. The Balaban J connectivity index is 1.55. The van der Waals surface area contributed by atoms with Crippen molar-refractivity contribution >= 4 is 39.3 Å². The largest absolute Gasteiger partial charge is 0.311 e. The first kappa shape index (κ1) is 24.7. The summed E-state index contributed by atoms with van der Waals surface area (Å²) in [5, 5.41) is 18.6. The highest BCUT2D eigenvalue weighted by Crippen LogP contribution is 2.27. The number of halogens is 1. The quantitative estimate of drug-likeness (QED) is 0.229. The molecule has 1 heterocycles. The number of hydrogen-bond acceptors (Lipinski definition) is 5. The molecule has 176 valence electrons. The molecule has 35 heavy (non-hydrogen) atoms. The standard InChI is InChI=1S/C27H24BrN5OS/c28-23-14-12-22(13-15-23)26-30-31-27(33(26)19-16-21-8-3-1-4-9-21)35-20-25(34)32(18-7-17-29)24-10-5-2-6-11-24/h1-6,8-15H,7,16,18-20H2. The smallest absolute Gasteiger partial charge is 0.237 e. The van der Waals surface area contributed by atoms with E-state index in [1.54, 1.807) is 4.90 Å². The number of thioether (sulfide) groups is 1. The monoisotopic (exact) mass is 545 g/mol. The molecule has 0 saturated carbocycles. The van der Waals surface area contributed by atoms with E-state index in [1.165, 1.54) is 17.3 Å². The van der Waals surface area contributed by atoms with Gasteiger partial charge < -0.3 is 9.47 Å². The Morgan fingerprint density at radius 2 is 1.66 bits per heavy atom. The summed E-state index contributed by atoms with van der Waals surface area (Å²) in [5.74, 6) is 0.899. The maximum atomic E-state index is 13.2. The number of carbonyl (C=O) groups excluding carboxylic acids is 1. The van der Waals surface area contributed by atoms with Crippen LogP contribution in [0.15, 0.2) is 94.6 Å². The Morgan fingerprint density at radius 1 is 0.971 bits per heavy atom. The third-order valence-electron chi connectivity index (χ3n) is 5.43. The third kappa shape index (κ3) is 6.59. The van der Waals surface area contributed by atoms with Gasteiger partial charge in [-0.1, -0.05) is 88.4 Å². The number of para-hydroxylation sites is 1. The number of rotatable bonds is 10. The Hall–Kier alpha value is -3.41. The molecule has 0 aliphatic rings. The lowest BCUT2D eigenvalue weighted by molar-refractivity contribution is -0.116. The van der Waals surface area contributed by atoms with Crippen LogP contribution in [-0.2, 0) is 17.8 Å². The molecule has 0 aliphatic carbocycles. The van der Waals surface area contributed by atoms with E-state index in [9.17, 15) is 4.79 Å². The zero-order valence-electron chi connectivity index (χ0n) is 19.0. The zero-order valence-corrected chi connectivity index (χ0v) is 21.5. The Bertz CT molecular complexity index is 1290. The molecule has 0 atom stereocenters. The number of nitriles is 1. The number of aromatic nitrogens is 3. The average Bonchev–Trinajstić information content (AvgIpc) is 3.30. The molecule has 8 heteroatoms. The topological polar surface area (TPSA) is 74.8 Å². The SMILES string of the molecule is N#CCCN(C(=O)CSc1nnc(-c2ccc(Br)cc2)n1CCc1ccccc1)c1ccccc1. The fourth-order valence-electron chi connectivity index (χ4n) is 3.67. The van der Waals surface area contributed by atoms with E-state index >= 15 is 0 Å². The van der Waals surface area contributed by atoms with Gasteiger partial charge in [0.25, 0.3) is 0 Å². The van der Waals surface area contributed by atoms with Crippen molar-refractivity contribution in [1.82, 2.24) is 14.8 Å². The molecule has 1 amide bonds. The normalized spacial score (nSPS) is 10.6. The van der Waals surface area contributed by atoms with E-state index < -0.39 is 0 Å². The summed E-state index contributed by atoms with van der Waals surface area (Å²) in [6, 6.07) is 29.8. The summed E-state index contributed by atoms with van der Waals surface area (Å²) in [5.41, 5.74) is 2.98. The second-order valence-electron chi connectivity index (χ2n) is 7.78. The van der Waals surface area contributed by atoms with E-state index in [-0.39, 0.29) is 18.1 Å². The van der Waals surface area contributed by atoms with Gasteiger partial charge in [0.2, 0.25) is 5.91 Å². The van der Waals surface area contributed by atoms with Crippen molar-refractivity contribution in [1.29, 1.82) is 5.26 Å². The minimum atomic E-state index is -0.0701. The van der Waals surface area contributed by atoms with Crippen molar-refractivity contribution in [3.8, 4) is 17.5 Å². The highest BCUT2D eigenvalue weighted by molar-refractivity contribution is 9.10. The minimum Gasteiger partial charge on any atom is -0.311 e. The lowest BCUT2D eigenvalue weighted by Gasteiger charge is -2.21. The maximum Gasteiger partial charge on any atom is 0.237 e. The molecular formula is C27H24BrN5OS. The molecule has 0 saturated heterocycles. The van der Waals surface area contributed by atoms with E-state index in [0.717, 1.165) is 28.0 Å². The van der Waals surface area contributed by atoms with Gasteiger partial charge in [0.15, 0.2) is 11.0 Å². The number of nitrogens with zero attached hydrogens (tertiary/aromatic N) is 5. The summed E-state index contributed by atoms with van der Waals surface area (Å²) < 4.78 is 3.08. The van der Waals surface area contributed by atoms with Crippen LogP contribution in [0.2, 0.25) is 0 Å². The van der Waals surface area contributed by atoms with E-state index in [4.69, 9.17) is 5.26 Å². The molecule has 3 aromatic carbocycles.